The van der Waals surface area contributed by atoms with E-state index in [-0.39, 0.29) is 11.5 Å². The van der Waals surface area contributed by atoms with E-state index in [1.807, 2.05) is 24.3 Å². The van der Waals surface area contributed by atoms with Crippen molar-refractivity contribution in [1.82, 2.24) is 9.88 Å². The fourth-order valence-electron chi connectivity index (χ4n) is 4.70. The summed E-state index contributed by atoms with van der Waals surface area (Å²) < 4.78 is 24.8. The summed E-state index contributed by atoms with van der Waals surface area (Å²) in [5.74, 6) is -0.417. The molecule has 1 aliphatic heterocycles. The van der Waals surface area contributed by atoms with Crippen LogP contribution in [0.15, 0.2) is 36.4 Å². The van der Waals surface area contributed by atoms with Crippen LogP contribution in [0, 0.1) is 11.2 Å². The maximum Gasteiger partial charge on any atom is 0.249 e. The zero-order valence-corrected chi connectivity index (χ0v) is 18.9. The van der Waals surface area contributed by atoms with Crippen molar-refractivity contribution < 1.29 is 18.7 Å². The van der Waals surface area contributed by atoms with Crippen LogP contribution in [-0.2, 0) is 11.2 Å². The number of hydrogen-bond donors (Lipinski definition) is 3. The zero-order chi connectivity index (χ0) is 23.5. The minimum atomic E-state index is -0.714. The molecule has 1 aliphatic rings. The molecule has 1 aromatic heterocycles. The van der Waals surface area contributed by atoms with Crippen molar-refractivity contribution in [2.24, 2.45) is 5.73 Å². The number of H-pyrrole nitrogens is 1. The maximum absolute atomic E-state index is 14.3. The normalized spacial score (nSPS) is 16.4. The lowest BCUT2D eigenvalue weighted by molar-refractivity contribution is 0.100. The van der Waals surface area contributed by atoms with Gasteiger partial charge in [-0.3, -0.25) is 4.79 Å². The lowest BCUT2D eigenvalue weighted by Crippen LogP contribution is -2.24. The Balaban J connectivity index is 1.78. The summed E-state index contributed by atoms with van der Waals surface area (Å²) >= 11 is 0. The number of ether oxygens (including phenoxy) is 2. The van der Waals surface area contributed by atoms with Crippen molar-refractivity contribution in [2.75, 3.05) is 40.5 Å². The Hall–Kier alpha value is -3.23. The Labute approximate surface area is 192 Å². The predicted octanol–water partition coefficient (Wildman–Crippen LogP) is 3.46. The van der Waals surface area contributed by atoms with Crippen molar-refractivity contribution in [1.29, 1.82) is 5.41 Å². The standard InChI is InChI=1S/C25H29FN4O3/c1-32-9-8-30-7-6-16(14-30)24-23(20(27)11-15-4-3-5-18(10-15)33-2)22-19(25(28)31)12-17(26)13-21(22)29-24/h3-5,10,12-13,16,27,29H,6-9,11,14H2,1-2H3,(H2,28,31). The summed E-state index contributed by atoms with van der Waals surface area (Å²) in [5, 5.41) is 9.53. The van der Waals surface area contributed by atoms with Crippen LogP contribution in [0.4, 0.5) is 4.39 Å². The van der Waals surface area contributed by atoms with E-state index in [4.69, 9.17) is 20.6 Å². The van der Waals surface area contributed by atoms with E-state index < -0.39 is 11.7 Å². The molecule has 1 fully saturated rings. The molecule has 1 saturated heterocycles. The van der Waals surface area contributed by atoms with Crippen LogP contribution < -0.4 is 10.5 Å². The van der Waals surface area contributed by atoms with E-state index in [1.54, 1.807) is 14.2 Å². The first-order valence-electron chi connectivity index (χ1n) is 11.0. The van der Waals surface area contributed by atoms with Gasteiger partial charge in [-0.05, 0) is 42.8 Å². The number of likely N-dealkylation sites (tertiary alicyclic amines) is 1. The molecule has 4 rings (SSSR count). The van der Waals surface area contributed by atoms with Gasteiger partial charge in [-0.25, -0.2) is 4.39 Å². The molecular weight excluding hydrogens is 423 g/mol. The van der Waals surface area contributed by atoms with E-state index in [0.29, 0.717) is 41.0 Å². The fraction of sp³-hybridized carbons (Fsp3) is 0.360. The Kier molecular flexibility index (Phi) is 6.76. The number of nitrogens with one attached hydrogen (secondary N) is 2. The molecule has 33 heavy (non-hydrogen) atoms. The highest BCUT2D eigenvalue weighted by Gasteiger charge is 2.30. The van der Waals surface area contributed by atoms with Gasteiger partial charge in [0.15, 0.2) is 0 Å². The second kappa shape index (κ2) is 9.72. The van der Waals surface area contributed by atoms with Crippen molar-refractivity contribution in [3.05, 3.63) is 64.6 Å². The SMILES string of the molecule is COCCN1CCC(c2[nH]c3cc(F)cc(C(N)=O)c3c2C(=N)Cc2cccc(OC)c2)C1. The molecule has 7 nitrogen and oxygen atoms in total. The van der Waals surface area contributed by atoms with Gasteiger partial charge in [-0.1, -0.05) is 12.1 Å². The number of carbonyl (C=O) groups excluding carboxylic acids is 1. The van der Waals surface area contributed by atoms with E-state index in [0.717, 1.165) is 43.4 Å². The summed E-state index contributed by atoms with van der Waals surface area (Å²) in [6.07, 6.45) is 1.23. The summed E-state index contributed by atoms with van der Waals surface area (Å²) in [4.78, 5) is 17.9. The van der Waals surface area contributed by atoms with Crippen LogP contribution in [0.5, 0.6) is 5.75 Å². The van der Waals surface area contributed by atoms with Gasteiger partial charge in [-0.2, -0.15) is 0 Å². The average molecular weight is 453 g/mol. The highest BCUT2D eigenvalue weighted by molar-refractivity contribution is 6.17. The van der Waals surface area contributed by atoms with E-state index in [1.165, 1.54) is 6.07 Å². The summed E-state index contributed by atoms with van der Waals surface area (Å²) in [6.45, 7) is 3.17. The highest BCUT2D eigenvalue weighted by atomic mass is 19.1. The molecule has 0 aliphatic carbocycles. The van der Waals surface area contributed by atoms with E-state index in [9.17, 15) is 9.18 Å². The van der Waals surface area contributed by atoms with Gasteiger partial charge in [0.1, 0.15) is 11.6 Å². The monoisotopic (exact) mass is 452 g/mol. The number of methoxy groups -OCH3 is 2. The maximum atomic E-state index is 14.3. The number of amides is 1. The molecule has 4 N–H and O–H groups in total. The number of halogens is 1. The number of aromatic amines is 1. The number of benzene rings is 2. The Bertz CT molecular complexity index is 1190. The van der Waals surface area contributed by atoms with Crippen LogP contribution >= 0.6 is 0 Å². The van der Waals surface area contributed by atoms with Gasteiger partial charge < -0.3 is 30.5 Å². The van der Waals surface area contributed by atoms with Crippen molar-refractivity contribution in [3.8, 4) is 5.75 Å². The minimum Gasteiger partial charge on any atom is -0.497 e. The molecule has 2 aromatic carbocycles. The Morgan fingerprint density at radius 3 is 2.85 bits per heavy atom. The molecule has 1 unspecified atom stereocenters. The van der Waals surface area contributed by atoms with Crippen LogP contribution in [0.2, 0.25) is 0 Å². The molecule has 0 bridgehead atoms. The third-order valence-corrected chi connectivity index (χ3v) is 6.27. The first kappa shape index (κ1) is 22.9. The highest BCUT2D eigenvalue weighted by Crippen LogP contribution is 2.36. The molecule has 0 saturated carbocycles. The topological polar surface area (TPSA) is 104 Å². The fourth-order valence-corrected chi connectivity index (χ4v) is 4.70. The van der Waals surface area contributed by atoms with E-state index in [2.05, 4.69) is 9.88 Å². The number of hydrogen-bond acceptors (Lipinski definition) is 5. The number of aromatic nitrogens is 1. The Morgan fingerprint density at radius 2 is 2.12 bits per heavy atom. The van der Waals surface area contributed by atoms with Gasteiger partial charge in [-0.15, -0.1) is 0 Å². The molecule has 174 valence electrons. The van der Waals surface area contributed by atoms with E-state index >= 15 is 0 Å². The molecule has 1 amide bonds. The number of fused-ring (bicyclic) bond motifs is 1. The largest absolute Gasteiger partial charge is 0.497 e. The molecule has 0 radical (unpaired) electrons. The van der Waals surface area contributed by atoms with Gasteiger partial charge in [0.25, 0.3) is 0 Å². The number of rotatable bonds is 9. The third kappa shape index (κ3) is 4.77. The van der Waals surface area contributed by atoms with Crippen LogP contribution in [0.1, 0.15) is 39.5 Å². The Morgan fingerprint density at radius 1 is 1.30 bits per heavy atom. The second-order valence-electron chi connectivity index (χ2n) is 8.44. The van der Waals surface area contributed by atoms with Gasteiger partial charge in [0.2, 0.25) is 5.91 Å². The van der Waals surface area contributed by atoms with Crippen LogP contribution in [0.3, 0.4) is 0 Å². The minimum absolute atomic E-state index is 0.0899. The van der Waals surface area contributed by atoms with Crippen LogP contribution in [-0.4, -0.2) is 62.0 Å². The van der Waals surface area contributed by atoms with Crippen molar-refractivity contribution in [3.63, 3.8) is 0 Å². The van der Waals surface area contributed by atoms with Crippen molar-refractivity contribution >= 4 is 22.5 Å². The third-order valence-electron chi connectivity index (χ3n) is 6.27. The lowest BCUT2D eigenvalue weighted by Gasteiger charge is -2.16. The molecule has 8 heteroatoms. The first-order valence-corrected chi connectivity index (χ1v) is 11.0. The quantitative estimate of drug-likeness (QED) is 0.433. The number of primary amides is 1. The summed E-state index contributed by atoms with van der Waals surface area (Å²) in [6, 6.07) is 10.1. The lowest BCUT2D eigenvalue weighted by atomic mass is 9.92. The molecule has 0 spiro atoms. The number of carbonyl (C=O) groups is 1. The average Bonchev–Trinajstić information content (AvgIpc) is 3.41. The second-order valence-corrected chi connectivity index (χ2v) is 8.44. The zero-order valence-electron chi connectivity index (χ0n) is 18.9. The predicted molar refractivity (Wildman–Crippen MR) is 126 cm³/mol. The first-order chi connectivity index (χ1) is 15.9. The molecule has 2 heterocycles. The molecular formula is C25H29FN4O3. The molecule has 3 aromatic rings. The smallest absolute Gasteiger partial charge is 0.249 e. The van der Waals surface area contributed by atoms with Crippen molar-refractivity contribution in [2.45, 2.75) is 18.8 Å². The van der Waals surface area contributed by atoms with Gasteiger partial charge >= 0.3 is 0 Å². The van der Waals surface area contributed by atoms with Crippen LogP contribution in [0.25, 0.3) is 10.9 Å². The van der Waals surface area contributed by atoms with Gasteiger partial charge in [0.05, 0.1) is 24.8 Å². The number of nitrogens with zero attached hydrogens (tertiary/aromatic N) is 1. The summed E-state index contributed by atoms with van der Waals surface area (Å²) in [5.41, 5.74) is 8.94. The number of nitrogens with two attached hydrogens (primary N) is 1. The van der Waals surface area contributed by atoms with Gasteiger partial charge in [0, 0.05) is 54.9 Å². The summed E-state index contributed by atoms with van der Waals surface area (Å²) in [7, 11) is 3.29. The molecule has 1 atom stereocenters.